The summed E-state index contributed by atoms with van der Waals surface area (Å²) < 4.78 is 0.617. The lowest BCUT2D eigenvalue weighted by atomic mass is 9.98. The van der Waals surface area contributed by atoms with Crippen LogP contribution in [0.15, 0.2) is 40.9 Å². The zero-order chi connectivity index (χ0) is 15.0. The first-order valence-electron chi connectivity index (χ1n) is 6.97. The van der Waals surface area contributed by atoms with Gasteiger partial charge < -0.3 is 10.0 Å². The molecule has 0 bridgehead atoms. The van der Waals surface area contributed by atoms with E-state index in [2.05, 4.69) is 46.0 Å². The highest BCUT2D eigenvalue weighted by Crippen LogP contribution is 2.37. The van der Waals surface area contributed by atoms with Crippen LogP contribution in [0, 0.1) is 6.92 Å². The molecule has 2 aromatic carbocycles. The van der Waals surface area contributed by atoms with Crippen molar-refractivity contribution in [3.8, 4) is 0 Å². The van der Waals surface area contributed by atoms with Gasteiger partial charge in [-0.1, -0.05) is 23.8 Å². The predicted octanol–water partition coefficient (Wildman–Crippen LogP) is 4.54. The van der Waals surface area contributed by atoms with Crippen molar-refractivity contribution in [3.63, 3.8) is 0 Å². The summed E-state index contributed by atoms with van der Waals surface area (Å²) in [6.07, 6.45) is 2.08. The second-order valence-corrected chi connectivity index (χ2v) is 6.18. The molecule has 0 aliphatic carbocycles. The number of nitrogens with zero attached hydrogens (tertiary/aromatic N) is 1. The van der Waals surface area contributed by atoms with Gasteiger partial charge in [0.1, 0.15) is 0 Å². The third-order valence-corrected chi connectivity index (χ3v) is 4.51. The van der Waals surface area contributed by atoms with Gasteiger partial charge in [0.2, 0.25) is 0 Å². The maximum absolute atomic E-state index is 11.6. The van der Waals surface area contributed by atoms with E-state index in [4.69, 9.17) is 0 Å². The van der Waals surface area contributed by atoms with Gasteiger partial charge in [-0.15, -0.1) is 0 Å². The molecule has 21 heavy (non-hydrogen) atoms. The Kier molecular flexibility index (Phi) is 3.72. The summed E-state index contributed by atoms with van der Waals surface area (Å²) in [7, 11) is 0. The molecule has 3 nitrogen and oxygen atoms in total. The summed E-state index contributed by atoms with van der Waals surface area (Å²) in [6, 6.07) is 11.9. The van der Waals surface area contributed by atoms with Gasteiger partial charge in [0.05, 0.1) is 11.3 Å². The Labute approximate surface area is 132 Å². The van der Waals surface area contributed by atoms with Crippen LogP contribution in [0.25, 0.3) is 0 Å². The number of halogens is 1. The second kappa shape index (κ2) is 5.53. The molecule has 3 rings (SSSR count). The van der Waals surface area contributed by atoms with Crippen molar-refractivity contribution in [3.05, 3.63) is 57.6 Å². The van der Waals surface area contributed by atoms with Crippen molar-refractivity contribution in [2.75, 3.05) is 11.4 Å². The normalized spacial score (nSPS) is 13.9. The maximum Gasteiger partial charge on any atom is 0.338 e. The van der Waals surface area contributed by atoms with Crippen molar-refractivity contribution >= 4 is 33.3 Å². The fourth-order valence-electron chi connectivity index (χ4n) is 2.93. The van der Waals surface area contributed by atoms with Crippen LogP contribution in [0.2, 0.25) is 0 Å². The minimum absolute atomic E-state index is 0.325. The van der Waals surface area contributed by atoms with Crippen molar-refractivity contribution in [2.24, 2.45) is 0 Å². The van der Waals surface area contributed by atoms with E-state index in [0.717, 1.165) is 30.8 Å². The molecule has 0 unspecified atom stereocenters. The zero-order valence-electron chi connectivity index (χ0n) is 11.8. The van der Waals surface area contributed by atoms with E-state index in [-0.39, 0.29) is 0 Å². The molecule has 2 aromatic rings. The molecule has 0 fully saturated rings. The average Bonchev–Trinajstić information content (AvgIpc) is 2.45. The van der Waals surface area contributed by atoms with Crippen LogP contribution in [-0.2, 0) is 6.42 Å². The van der Waals surface area contributed by atoms with Crippen LogP contribution in [0.3, 0.4) is 0 Å². The summed E-state index contributed by atoms with van der Waals surface area (Å²) >= 11 is 3.36. The molecule has 0 radical (unpaired) electrons. The van der Waals surface area contributed by atoms with Gasteiger partial charge >= 0.3 is 5.97 Å². The van der Waals surface area contributed by atoms with Gasteiger partial charge in [-0.05, 0) is 59.5 Å². The molecular weight excluding hydrogens is 330 g/mol. The molecule has 1 N–H and O–H groups in total. The Bertz CT molecular complexity index is 712. The van der Waals surface area contributed by atoms with Gasteiger partial charge in [0, 0.05) is 16.7 Å². The lowest BCUT2D eigenvalue weighted by Crippen LogP contribution is -2.26. The Hall–Kier alpha value is -1.81. The predicted molar refractivity (Wildman–Crippen MR) is 87.6 cm³/mol. The topological polar surface area (TPSA) is 40.5 Å². The van der Waals surface area contributed by atoms with Crippen molar-refractivity contribution < 1.29 is 9.90 Å². The Morgan fingerprint density at radius 1 is 1.24 bits per heavy atom. The van der Waals surface area contributed by atoms with E-state index in [1.165, 1.54) is 11.1 Å². The highest BCUT2D eigenvalue weighted by molar-refractivity contribution is 9.10. The lowest BCUT2D eigenvalue weighted by Gasteiger charge is -2.32. The van der Waals surface area contributed by atoms with E-state index >= 15 is 0 Å². The molecule has 1 aliphatic rings. The fourth-order valence-corrected chi connectivity index (χ4v) is 3.45. The van der Waals surface area contributed by atoms with Crippen molar-refractivity contribution in [2.45, 2.75) is 19.8 Å². The molecule has 0 atom stereocenters. The third kappa shape index (κ3) is 2.56. The van der Waals surface area contributed by atoms with Gasteiger partial charge in [-0.2, -0.15) is 0 Å². The number of rotatable bonds is 2. The number of benzene rings is 2. The van der Waals surface area contributed by atoms with Crippen LogP contribution < -0.4 is 4.90 Å². The highest BCUT2D eigenvalue weighted by Gasteiger charge is 2.24. The molecular formula is C17H16BrNO2. The highest BCUT2D eigenvalue weighted by atomic mass is 79.9. The largest absolute Gasteiger partial charge is 0.478 e. The monoisotopic (exact) mass is 345 g/mol. The molecule has 0 saturated carbocycles. The minimum Gasteiger partial charge on any atom is -0.478 e. The molecule has 108 valence electrons. The number of hydrogen-bond donors (Lipinski definition) is 1. The van der Waals surface area contributed by atoms with E-state index in [9.17, 15) is 9.90 Å². The Morgan fingerprint density at radius 3 is 2.81 bits per heavy atom. The second-order valence-electron chi connectivity index (χ2n) is 5.33. The molecule has 1 aliphatic heterocycles. The lowest BCUT2D eigenvalue weighted by molar-refractivity contribution is 0.0696. The Morgan fingerprint density at radius 2 is 2.05 bits per heavy atom. The molecule has 4 heteroatoms. The number of aromatic carboxylic acids is 1. The van der Waals surface area contributed by atoms with Crippen LogP contribution in [0.5, 0.6) is 0 Å². The van der Waals surface area contributed by atoms with E-state index in [1.807, 2.05) is 12.1 Å². The first kappa shape index (κ1) is 14.1. The number of aryl methyl sites for hydroxylation is 2. The summed E-state index contributed by atoms with van der Waals surface area (Å²) in [5.74, 6) is -0.906. The first-order chi connectivity index (χ1) is 10.1. The van der Waals surface area contributed by atoms with Crippen LogP contribution in [0.1, 0.15) is 27.9 Å². The van der Waals surface area contributed by atoms with Gasteiger partial charge in [-0.25, -0.2) is 4.79 Å². The molecule has 0 spiro atoms. The molecule has 0 amide bonds. The van der Waals surface area contributed by atoms with Crippen LogP contribution in [0.4, 0.5) is 11.4 Å². The maximum atomic E-state index is 11.6. The summed E-state index contributed by atoms with van der Waals surface area (Å²) in [6.45, 7) is 2.92. The summed E-state index contributed by atoms with van der Waals surface area (Å²) in [4.78, 5) is 13.7. The first-order valence-corrected chi connectivity index (χ1v) is 7.76. The minimum atomic E-state index is -0.906. The number of carboxylic acids is 1. The van der Waals surface area contributed by atoms with Crippen LogP contribution in [-0.4, -0.2) is 17.6 Å². The molecule has 1 heterocycles. The summed E-state index contributed by atoms with van der Waals surface area (Å²) in [5.41, 5.74) is 4.72. The quantitative estimate of drug-likeness (QED) is 0.868. The standard InChI is InChI=1S/C17H16BrNO2/c1-11-7-8-14-12(10-11)4-3-9-19(14)15-6-2-5-13(18)16(15)17(20)21/h2,5-8,10H,3-4,9H2,1H3,(H,20,21). The van der Waals surface area contributed by atoms with E-state index in [1.54, 1.807) is 6.07 Å². The summed E-state index contributed by atoms with van der Waals surface area (Å²) in [5, 5.41) is 9.51. The van der Waals surface area contributed by atoms with Gasteiger partial charge in [-0.3, -0.25) is 0 Å². The smallest absolute Gasteiger partial charge is 0.338 e. The molecule has 0 saturated heterocycles. The number of carbonyl (C=O) groups is 1. The van der Waals surface area contributed by atoms with Gasteiger partial charge in [0.15, 0.2) is 0 Å². The van der Waals surface area contributed by atoms with E-state index < -0.39 is 5.97 Å². The van der Waals surface area contributed by atoms with E-state index in [0.29, 0.717) is 10.0 Å². The SMILES string of the molecule is Cc1ccc2c(c1)CCCN2c1cccc(Br)c1C(=O)O. The van der Waals surface area contributed by atoms with Crippen LogP contribution >= 0.6 is 15.9 Å². The number of hydrogen-bond acceptors (Lipinski definition) is 2. The fraction of sp³-hybridized carbons (Fsp3) is 0.235. The molecule has 0 aromatic heterocycles. The van der Waals surface area contributed by atoms with Gasteiger partial charge in [0.25, 0.3) is 0 Å². The van der Waals surface area contributed by atoms with Crippen molar-refractivity contribution in [1.29, 1.82) is 0 Å². The Balaban J connectivity index is 2.16. The number of anilines is 2. The average molecular weight is 346 g/mol. The number of carboxylic acid groups (broad SMARTS) is 1. The van der Waals surface area contributed by atoms with Crippen molar-refractivity contribution in [1.82, 2.24) is 0 Å². The zero-order valence-corrected chi connectivity index (χ0v) is 13.4. The number of fused-ring (bicyclic) bond motifs is 1. The third-order valence-electron chi connectivity index (χ3n) is 3.85.